The van der Waals surface area contributed by atoms with Crippen LogP contribution < -0.4 is 4.90 Å². The molecule has 140 valence electrons. The van der Waals surface area contributed by atoms with Crippen molar-refractivity contribution in [3.05, 3.63) is 65.9 Å². The Morgan fingerprint density at radius 3 is 2.54 bits per heavy atom. The fourth-order valence-electron chi connectivity index (χ4n) is 3.81. The van der Waals surface area contributed by atoms with Crippen LogP contribution >= 0.6 is 0 Å². The molecule has 0 atom stereocenters. The zero-order valence-corrected chi connectivity index (χ0v) is 15.5. The van der Waals surface area contributed by atoms with Crippen molar-refractivity contribution in [1.29, 1.82) is 10.7 Å². The van der Waals surface area contributed by atoms with Crippen LogP contribution in [-0.4, -0.2) is 47.8 Å². The van der Waals surface area contributed by atoms with Crippen LogP contribution in [0, 0.1) is 16.7 Å². The van der Waals surface area contributed by atoms with Crippen LogP contribution in [0.3, 0.4) is 0 Å². The highest BCUT2D eigenvalue weighted by molar-refractivity contribution is 5.99. The van der Waals surface area contributed by atoms with Crippen LogP contribution in [0.5, 0.6) is 0 Å². The molecule has 2 heterocycles. The van der Waals surface area contributed by atoms with Gasteiger partial charge in [-0.2, -0.15) is 5.26 Å². The number of hydrogen-bond donors (Lipinski definition) is 1. The minimum atomic E-state index is 0.0745. The van der Waals surface area contributed by atoms with Gasteiger partial charge >= 0.3 is 0 Å². The average Bonchev–Trinajstić information content (AvgIpc) is 3.11. The number of piperazine rings is 1. The molecule has 4 rings (SSSR count). The van der Waals surface area contributed by atoms with Crippen LogP contribution in [0.4, 0.5) is 5.69 Å². The molecule has 0 bridgehead atoms. The lowest BCUT2D eigenvalue weighted by Gasteiger charge is -2.36. The molecule has 3 aromatic rings. The maximum Gasteiger partial charge on any atom is 0.242 e. The molecule has 1 aromatic heterocycles. The first kappa shape index (κ1) is 17.8. The molecule has 1 saturated heterocycles. The molecule has 0 unspecified atom stereocenters. The summed E-state index contributed by atoms with van der Waals surface area (Å²) in [7, 11) is 0. The van der Waals surface area contributed by atoms with Crippen LogP contribution in [-0.2, 0) is 11.3 Å². The summed E-state index contributed by atoms with van der Waals surface area (Å²) in [6.07, 6.45) is 3.20. The van der Waals surface area contributed by atoms with E-state index in [0.29, 0.717) is 31.7 Å². The maximum atomic E-state index is 12.9. The Hall–Kier alpha value is -3.59. The molecule has 0 saturated carbocycles. The number of nitrogens with one attached hydrogen (secondary N) is 1. The summed E-state index contributed by atoms with van der Waals surface area (Å²) in [5.41, 5.74) is 3.39. The number of hydrogen-bond acceptors (Lipinski definition) is 4. The Bertz CT molecular complexity index is 1070. The van der Waals surface area contributed by atoms with Crippen molar-refractivity contribution in [2.75, 3.05) is 31.1 Å². The predicted octanol–water partition coefficient (Wildman–Crippen LogP) is 2.86. The van der Waals surface area contributed by atoms with Gasteiger partial charge in [0.25, 0.3) is 0 Å². The molecule has 6 heteroatoms. The molecule has 0 aliphatic carbocycles. The number of rotatable bonds is 4. The smallest absolute Gasteiger partial charge is 0.242 e. The standard InChI is InChI=1S/C22H21N5O/c23-13-17-5-1-3-7-20(17)25-9-11-26(12-10-25)22(28)16-27-15-18(14-24)19-6-2-4-8-21(19)27/h1-8,14-15,24H,9-12,16H2. The monoisotopic (exact) mass is 371 g/mol. The highest BCUT2D eigenvalue weighted by Gasteiger charge is 2.23. The molecule has 1 aliphatic rings. The molecule has 0 spiro atoms. The summed E-state index contributed by atoms with van der Waals surface area (Å²) in [4.78, 5) is 16.9. The summed E-state index contributed by atoms with van der Waals surface area (Å²) in [5, 5.41) is 17.9. The van der Waals surface area contributed by atoms with Crippen molar-refractivity contribution in [3.63, 3.8) is 0 Å². The average molecular weight is 371 g/mol. The third-order valence-electron chi connectivity index (χ3n) is 5.28. The minimum Gasteiger partial charge on any atom is -0.367 e. The van der Waals surface area contributed by atoms with Gasteiger partial charge in [0.05, 0.1) is 11.3 Å². The van der Waals surface area contributed by atoms with Gasteiger partial charge in [-0.25, -0.2) is 0 Å². The lowest BCUT2D eigenvalue weighted by molar-refractivity contribution is -0.132. The molecular weight excluding hydrogens is 350 g/mol. The molecular formula is C22H21N5O. The van der Waals surface area contributed by atoms with E-state index in [9.17, 15) is 10.1 Å². The minimum absolute atomic E-state index is 0.0745. The van der Waals surface area contributed by atoms with Gasteiger partial charge in [-0.1, -0.05) is 30.3 Å². The number of anilines is 1. The van der Waals surface area contributed by atoms with Crippen molar-refractivity contribution in [2.24, 2.45) is 0 Å². The molecule has 1 aliphatic heterocycles. The summed E-state index contributed by atoms with van der Waals surface area (Å²) >= 11 is 0. The first-order valence-corrected chi connectivity index (χ1v) is 9.31. The van der Waals surface area contributed by atoms with E-state index in [1.54, 1.807) is 0 Å². The Kier molecular flexibility index (Phi) is 4.81. The van der Waals surface area contributed by atoms with Gasteiger partial charge in [0.1, 0.15) is 12.6 Å². The number of benzene rings is 2. The van der Waals surface area contributed by atoms with Gasteiger partial charge in [-0.15, -0.1) is 0 Å². The molecule has 1 fully saturated rings. The second-order valence-electron chi connectivity index (χ2n) is 6.87. The summed E-state index contributed by atoms with van der Waals surface area (Å²) < 4.78 is 1.93. The number of carbonyl (C=O) groups is 1. The molecule has 6 nitrogen and oxygen atoms in total. The molecule has 28 heavy (non-hydrogen) atoms. The summed E-state index contributed by atoms with van der Waals surface area (Å²) in [6.45, 7) is 2.96. The first-order chi connectivity index (χ1) is 13.7. The van der Waals surface area contributed by atoms with Gasteiger partial charge < -0.3 is 19.8 Å². The van der Waals surface area contributed by atoms with E-state index in [1.165, 1.54) is 6.21 Å². The number of nitriles is 1. The third kappa shape index (κ3) is 3.23. The van der Waals surface area contributed by atoms with Crippen molar-refractivity contribution in [3.8, 4) is 6.07 Å². The largest absolute Gasteiger partial charge is 0.367 e. The quantitative estimate of drug-likeness (QED) is 0.717. The van der Waals surface area contributed by atoms with E-state index < -0.39 is 0 Å². The Morgan fingerprint density at radius 1 is 1.07 bits per heavy atom. The first-order valence-electron chi connectivity index (χ1n) is 9.31. The number of carbonyl (C=O) groups excluding carboxylic acids is 1. The van der Waals surface area contributed by atoms with Crippen molar-refractivity contribution >= 4 is 28.7 Å². The molecule has 1 N–H and O–H groups in total. The Morgan fingerprint density at radius 2 is 1.79 bits per heavy atom. The highest BCUT2D eigenvalue weighted by Crippen LogP contribution is 2.22. The number of aromatic nitrogens is 1. The van der Waals surface area contributed by atoms with E-state index >= 15 is 0 Å². The van der Waals surface area contributed by atoms with Crippen molar-refractivity contribution < 1.29 is 4.79 Å². The zero-order chi connectivity index (χ0) is 19.5. The van der Waals surface area contributed by atoms with Gasteiger partial charge in [-0.05, 0) is 18.2 Å². The Balaban J connectivity index is 1.45. The van der Waals surface area contributed by atoms with Crippen LogP contribution in [0.1, 0.15) is 11.1 Å². The maximum absolute atomic E-state index is 12.9. The number of amides is 1. The van der Waals surface area contributed by atoms with E-state index in [0.717, 1.165) is 22.2 Å². The van der Waals surface area contributed by atoms with E-state index in [1.807, 2.05) is 64.2 Å². The van der Waals surface area contributed by atoms with Crippen LogP contribution in [0.15, 0.2) is 54.7 Å². The fraction of sp³-hybridized carbons (Fsp3) is 0.227. The van der Waals surface area contributed by atoms with Gasteiger partial charge in [0.2, 0.25) is 5.91 Å². The van der Waals surface area contributed by atoms with Crippen LogP contribution in [0.2, 0.25) is 0 Å². The molecule has 0 radical (unpaired) electrons. The molecule has 2 aromatic carbocycles. The number of fused-ring (bicyclic) bond motifs is 1. The molecule has 1 amide bonds. The topological polar surface area (TPSA) is 76.1 Å². The van der Waals surface area contributed by atoms with Crippen LogP contribution in [0.25, 0.3) is 10.9 Å². The number of para-hydroxylation sites is 2. The van der Waals surface area contributed by atoms with Gasteiger partial charge in [0, 0.05) is 55.1 Å². The SMILES string of the molecule is N#Cc1ccccc1N1CCN(C(=O)Cn2cc(C=N)c3ccccc32)CC1. The normalized spacial score (nSPS) is 14.1. The fourth-order valence-corrected chi connectivity index (χ4v) is 3.81. The zero-order valence-electron chi connectivity index (χ0n) is 15.5. The van der Waals surface area contributed by atoms with Gasteiger partial charge in [0.15, 0.2) is 0 Å². The van der Waals surface area contributed by atoms with E-state index in [2.05, 4.69) is 11.0 Å². The Labute approximate surface area is 163 Å². The van der Waals surface area contributed by atoms with Gasteiger partial charge in [-0.3, -0.25) is 4.79 Å². The predicted molar refractivity (Wildman–Crippen MR) is 110 cm³/mol. The van der Waals surface area contributed by atoms with E-state index in [-0.39, 0.29) is 12.5 Å². The lowest BCUT2D eigenvalue weighted by atomic mass is 10.1. The summed E-state index contributed by atoms with van der Waals surface area (Å²) in [5.74, 6) is 0.0745. The summed E-state index contributed by atoms with van der Waals surface area (Å²) in [6, 6.07) is 17.7. The second-order valence-corrected chi connectivity index (χ2v) is 6.87. The van der Waals surface area contributed by atoms with Crippen molar-refractivity contribution in [2.45, 2.75) is 6.54 Å². The van der Waals surface area contributed by atoms with Crippen molar-refractivity contribution in [1.82, 2.24) is 9.47 Å². The highest BCUT2D eigenvalue weighted by atomic mass is 16.2. The van der Waals surface area contributed by atoms with E-state index in [4.69, 9.17) is 5.41 Å². The third-order valence-corrected chi connectivity index (χ3v) is 5.28. The number of nitrogens with zero attached hydrogens (tertiary/aromatic N) is 4. The lowest BCUT2D eigenvalue weighted by Crippen LogP contribution is -2.49. The second kappa shape index (κ2) is 7.57.